The van der Waals surface area contributed by atoms with E-state index in [4.69, 9.17) is 15.7 Å². The fourth-order valence-electron chi connectivity index (χ4n) is 5.53. The topological polar surface area (TPSA) is 252 Å². The summed E-state index contributed by atoms with van der Waals surface area (Å²) in [6.07, 6.45) is 0. The Bertz CT molecular complexity index is 2740. The highest BCUT2D eigenvalue weighted by Crippen LogP contribution is 2.45. The van der Waals surface area contributed by atoms with Crippen LogP contribution in [0.4, 0.5) is 45.5 Å². The highest BCUT2D eigenvalue weighted by molar-refractivity contribution is 7.94. The maximum atomic E-state index is 12.8. The van der Waals surface area contributed by atoms with Crippen molar-refractivity contribution >= 4 is 84.3 Å². The molecule has 6 N–H and O–H groups in total. The number of aryl methyl sites for hydroxylation is 3. The SMILES string of the molecule is COc1ccc(N=Nc2ccc(N=Nc3cc(C)c(N=Nc4c(SOOO)cc5cc(NC(=O)c6ccc(N)cc6)ccc5c4O)cc3C)cc2C)c(S(=O)(=O)O)c1. The average Bonchev–Trinajstić information content (AvgIpc) is 3.19. The quantitative estimate of drug-likeness (QED) is 0.0183. The van der Waals surface area contributed by atoms with Gasteiger partial charge in [-0.25, -0.2) is 5.26 Å². The van der Waals surface area contributed by atoms with Crippen molar-refractivity contribution in [3.8, 4) is 11.5 Å². The van der Waals surface area contributed by atoms with Crippen LogP contribution in [-0.4, -0.2) is 36.4 Å². The van der Waals surface area contributed by atoms with Gasteiger partial charge in [-0.2, -0.15) is 28.9 Å². The van der Waals surface area contributed by atoms with E-state index >= 15 is 0 Å². The maximum Gasteiger partial charge on any atom is 0.296 e. The van der Waals surface area contributed by atoms with Crippen molar-refractivity contribution in [2.45, 2.75) is 30.6 Å². The number of phenols is 1. The van der Waals surface area contributed by atoms with Crippen LogP contribution in [-0.2, 0) is 19.5 Å². The van der Waals surface area contributed by atoms with Crippen molar-refractivity contribution in [1.29, 1.82) is 0 Å². The predicted molar refractivity (Wildman–Crippen MR) is 218 cm³/mol. The molecule has 6 aromatic rings. The smallest absolute Gasteiger partial charge is 0.296 e. The summed E-state index contributed by atoms with van der Waals surface area (Å²) in [6.45, 7) is 5.42. The van der Waals surface area contributed by atoms with E-state index in [2.05, 4.69) is 45.4 Å². The largest absolute Gasteiger partial charge is 0.505 e. The molecule has 0 aromatic heterocycles. The number of ether oxygens (including phenoxy) is 1. The number of rotatable bonds is 13. The highest BCUT2D eigenvalue weighted by Gasteiger charge is 2.18. The number of nitrogen functional groups attached to an aromatic ring is 1. The summed E-state index contributed by atoms with van der Waals surface area (Å²) in [5, 5.41) is 53.4. The van der Waals surface area contributed by atoms with Gasteiger partial charge < -0.3 is 20.9 Å². The van der Waals surface area contributed by atoms with Crippen LogP contribution in [0.1, 0.15) is 27.0 Å². The summed E-state index contributed by atoms with van der Waals surface area (Å²) in [4.78, 5) is 12.6. The molecule has 0 unspecified atom stereocenters. The van der Waals surface area contributed by atoms with Crippen LogP contribution in [0.25, 0.3) is 10.8 Å². The van der Waals surface area contributed by atoms with Gasteiger partial charge in [-0.1, -0.05) is 5.04 Å². The van der Waals surface area contributed by atoms with Gasteiger partial charge >= 0.3 is 0 Å². The number of amides is 1. The number of hydrogen-bond donors (Lipinski definition) is 5. The van der Waals surface area contributed by atoms with E-state index < -0.39 is 15.0 Å². The van der Waals surface area contributed by atoms with Gasteiger partial charge in [-0.05, 0) is 134 Å². The standard InChI is InChI=1S/C39H34N8O9S2/c1-21-15-28(10-13-31(21)43-44-32-14-11-29(54-4)20-36(32)58(51,52)53)42-45-33-16-23(3)34(17-22(33)2)46-47-37-35(57-56-55-50)19-25-18-27(9-12-30(25)38(37)48)41-39(49)24-5-7-26(40)8-6-24/h5-20,48,50H,40H2,1-4H3,(H,41,49)(H,51,52,53). The van der Waals surface area contributed by atoms with E-state index in [9.17, 15) is 22.9 Å². The van der Waals surface area contributed by atoms with Crippen LogP contribution in [0.5, 0.6) is 11.5 Å². The number of anilines is 2. The van der Waals surface area contributed by atoms with Gasteiger partial charge in [0.25, 0.3) is 16.0 Å². The highest BCUT2D eigenvalue weighted by atomic mass is 32.2. The summed E-state index contributed by atoms with van der Waals surface area (Å²) in [5.41, 5.74) is 11.2. The number of hydrogen-bond acceptors (Lipinski definition) is 16. The fraction of sp³-hybridized carbons (Fsp3) is 0.103. The molecule has 19 heteroatoms. The number of methoxy groups -OCH3 is 1. The Morgan fingerprint density at radius 1 is 0.741 bits per heavy atom. The molecule has 0 spiro atoms. The normalized spacial score (nSPS) is 12.0. The lowest BCUT2D eigenvalue weighted by atomic mass is 10.1. The van der Waals surface area contributed by atoms with E-state index in [1.54, 1.807) is 85.8 Å². The molecule has 6 aromatic carbocycles. The molecular weight excluding hydrogens is 789 g/mol. The number of carbonyl (C=O) groups is 1. The third-order valence-electron chi connectivity index (χ3n) is 8.57. The number of benzene rings is 6. The summed E-state index contributed by atoms with van der Waals surface area (Å²) in [5.74, 6) is -0.349. The summed E-state index contributed by atoms with van der Waals surface area (Å²) >= 11 is 0.590. The number of phenolic OH excluding ortho intramolecular Hbond substituents is 1. The maximum absolute atomic E-state index is 12.8. The number of aromatic hydroxyl groups is 1. The van der Waals surface area contributed by atoms with Gasteiger partial charge in [0, 0.05) is 28.4 Å². The van der Waals surface area contributed by atoms with Crippen molar-refractivity contribution in [2.75, 3.05) is 18.2 Å². The molecule has 0 atom stereocenters. The molecule has 0 heterocycles. The lowest BCUT2D eigenvalue weighted by Gasteiger charge is -2.11. The first kappa shape index (κ1) is 41.0. The Hall–Kier alpha value is -6.61. The number of azo groups is 3. The zero-order valence-corrected chi connectivity index (χ0v) is 32.7. The molecule has 296 valence electrons. The van der Waals surface area contributed by atoms with E-state index in [1.807, 2.05) is 13.8 Å². The third kappa shape index (κ3) is 9.66. The first-order valence-electron chi connectivity index (χ1n) is 17.0. The molecule has 6 rings (SSSR count). The molecule has 0 aliphatic heterocycles. The first-order chi connectivity index (χ1) is 27.7. The predicted octanol–water partition coefficient (Wildman–Crippen LogP) is 11.2. The Morgan fingerprint density at radius 2 is 1.38 bits per heavy atom. The molecule has 0 fully saturated rings. The minimum atomic E-state index is -4.58. The second-order valence-electron chi connectivity index (χ2n) is 12.6. The number of nitrogens with zero attached hydrogens (tertiary/aromatic N) is 6. The van der Waals surface area contributed by atoms with Gasteiger partial charge in [0.1, 0.15) is 22.0 Å². The summed E-state index contributed by atoms with van der Waals surface area (Å²) < 4.78 is 43.1. The van der Waals surface area contributed by atoms with Gasteiger partial charge in [0.2, 0.25) is 0 Å². The van der Waals surface area contributed by atoms with Crippen LogP contribution in [0.3, 0.4) is 0 Å². The van der Waals surface area contributed by atoms with Crippen LogP contribution >= 0.6 is 12.0 Å². The lowest BCUT2D eigenvalue weighted by Crippen LogP contribution is -2.11. The lowest BCUT2D eigenvalue weighted by molar-refractivity contribution is -0.432. The van der Waals surface area contributed by atoms with Crippen molar-refractivity contribution in [1.82, 2.24) is 0 Å². The molecule has 0 bridgehead atoms. The molecule has 0 radical (unpaired) electrons. The fourth-order valence-corrected chi connectivity index (χ4v) is 6.66. The molecule has 0 aliphatic rings. The monoisotopic (exact) mass is 822 g/mol. The average molecular weight is 823 g/mol. The van der Waals surface area contributed by atoms with E-state index in [0.29, 0.717) is 73.6 Å². The molecule has 0 saturated heterocycles. The zero-order valence-electron chi connectivity index (χ0n) is 31.1. The van der Waals surface area contributed by atoms with Gasteiger partial charge in [-0.3, -0.25) is 9.35 Å². The van der Waals surface area contributed by atoms with Gasteiger partial charge in [0.15, 0.2) is 5.75 Å². The van der Waals surface area contributed by atoms with Crippen LogP contribution in [0, 0.1) is 20.8 Å². The number of fused-ring (bicyclic) bond motifs is 1. The Kier molecular flexibility index (Phi) is 12.5. The van der Waals surface area contributed by atoms with Crippen LogP contribution in [0.15, 0.2) is 138 Å². The molecule has 0 aliphatic carbocycles. The molecule has 17 nitrogen and oxygen atoms in total. The minimum absolute atomic E-state index is 0.0373. The second-order valence-corrected chi connectivity index (χ2v) is 14.7. The van der Waals surface area contributed by atoms with Crippen molar-refractivity contribution in [2.24, 2.45) is 30.7 Å². The minimum Gasteiger partial charge on any atom is -0.505 e. The summed E-state index contributed by atoms with van der Waals surface area (Å²) in [7, 11) is -3.21. The molecule has 1 amide bonds. The van der Waals surface area contributed by atoms with Crippen molar-refractivity contribution in [3.63, 3.8) is 0 Å². The molecule has 0 saturated carbocycles. The number of nitrogens with one attached hydrogen (secondary N) is 1. The second kappa shape index (κ2) is 17.7. The molecule has 58 heavy (non-hydrogen) atoms. The first-order valence-corrected chi connectivity index (χ1v) is 19.2. The van der Waals surface area contributed by atoms with Crippen molar-refractivity contribution in [3.05, 3.63) is 119 Å². The molecular formula is C39H34N8O9S2. The van der Waals surface area contributed by atoms with Gasteiger partial charge in [0.05, 0.1) is 46.8 Å². The van der Waals surface area contributed by atoms with Crippen molar-refractivity contribution < 1.29 is 42.2 Å². The number of nitrogens with two attached hydrogens (primary N) is 1. The third-order valence-corrected chi connectivity index (χ3v) is 10.1. The number of carbonyl (C=O) groups excluding carboxylic acids is 1. The Morgan fingerprint density at radius 3 is 2.03 bits per heavy atom. The Balaban J connectivity index is 1.20. The van der Waals surface area contributed by atoms with E-state index in [1.165, 1.54) is 19.2 Å². The van der Waals surface area contributed by atoms with E-state index in [0.717, 1.165) is 11.6 Å². The van der Waals surface area contributed by atoms with Crippen LogP contribution < -0.4 is 15.8 Å². The summed E-state index contributed by atoms with van der Waals surface area (Å²) in [6, 6.07) is 25.6. The van der Waals surface area contributed by atoms with Gasteiger partial charge in [-0.15, -0.1) is 14.6 Å². The van der Waals surface area contributed by atoms with Crippen LogP contribution in [0.2, 0.25) is 0 Å². The Labute approximate surface area is 335 Å². The van der Waals surface area contributed by atoms with E-state index in [-0.39, 0.29) is 33.7 Å². The zero-order chi connectivity index (χ0) is 41.6.